The summed E-state index contributed by atoms with van der Waals surface area (Å²) in [5, 5.41) is 4.50. The second kappa shape index (κ2) is 5.94. The number of hydrogen-bond acceptors (Lipinski definition) is 2. The van der Waals surface area contributed by atoms with Crippen LogP contribution in [0.2, 0.25) is 10.2 Å². The van der Waals surface area contributed by atoms with Gasteiger partial charge in [0, 0.05) is 0 Å². The minimum absolute atomic E-state index is 0.0530. The monoisotopic (exact) mass is 314 g/mol. The predicted octanol–water partition coefficient (Wildman–Crippen LogP) is 4.33. The Labute approximate surface area is 126 Å². The maximum absolute atomic E-state index is 13.9. The summed E-state index contributed by atoms with van der Waals surface area (Å²) >= 11 is 12.1. The molecule has 1 aromatic heterocycles. The van der Waals surface area contributed by atoms with Crippen molar-refractivity contribution in [3.05, 3.63) is 45.4 Å². The van der Waals surface area contributed by atoms with E-state index in [2.05, 4.69) is 5.10 Å². The van der Waals surface area contributed by atoms with Crippen molar-refractivity contribution in [2.75, 3.05) is 0 Å². The third kappa shape index (κ3) is 2.72. The molecule has 0 radical (unpaired) electrons. The Balaban J connectivity index is 2.64. The fourth-order valence-corrected chi connectivity index (χ4v) is 2.46. The fraction of sp³-hybridized carbons (Fsp3) is 0.286. The van der Waals surface area contributed by atoms with Crippen LogP contribution in [0.25, 0.3) is 5.69 Å². The normalized spacial score (nSPS) is 11.1. The van der Waals surface area contributed by atoms with E-state index in [4.69, 9.17) is 23.2 Å². The quantitative estimate of drug-likeness (QED) is 0.787. The Bertz CT molecular complexity index is 633. The van der Waals surface area contributed by atoms with Crippen LogP contribution < -0.4 is 0 Å². The number of carbonyl (C=O) groups is 1. The highest BCUT2D eigenvalue weighted by Crippen LogP contribution is 2.29. The van der Waals surface area contributed by atoms with E-state index in [1.54, 1.807) is 6.07 Å². The molecular weight excluding hydrogens is 302 g/mol. The first-order chi connectivity index (χ1) is 9.45. The Morgan fingerprint density at radius 1 is 1.40 bits per heavy atom. The molecule has 2 aromatic rings. The zero-order chi connectivity index (χ0) is 14.9. The molecule has 0 fully saturated rings. The summed E-state index contributed by atoms with van der Waals surface area (Å²) in [5.74, 6) is -0.250. The van der Waals surface area contributed by atoms with Gasteiger partial charge in [0.15, 0.2) is 6.29 Å². The van der Waals surface area contributed by atoms with Crippen LogP contribution in [-0.2, 0) is 6.42 Å². The van der Waals surface area contributed by atoms with Gasteiger partial charge in [0.1, 0.15) is 16.7 Å². The van der Waals surface area contributed by atoms with Gasteiger partial charge in [0.25, 0.3) is 0 Å². The first-order valence-corrected chi connectivity index (χ1v) is 6.88. The topological polar surface area (TPSA) is 34.9 Å². The van der Waals surface area contributed by atoms with E-state index < -0.39 is 5.82 Å². The van der Waals surface area contributed by atoms with Crippen molar-refractivity contribution in [3.8, 4) is 5.69 Å². The lowest BCUT2D eigenvalue weighted by Gasteiger charge is -2.06. The average molecular weight is 315 g/mol. The maximum atomic E-state index is 13.9. The van der Waals surface area contributed by atoms with Crippen LogP contribution in [0.1, 0.15) is 29.9 Å². The average Bonchev–Trinajstić information content (AvgIpc) is 2.65. The Morgan fingerprint density at radius 3 is 2.65 bits per heavy atom. The van der Waals surface area contributed by atoms with E-state index in [0.717, 1.165) is 0 Å². The highest BCUT2D eigenvalue weighted by atomic mass is 35.5. The summed E-state index contributed by atoms with van der Waals surface area (Å²) in [7, 11) is 0. The van der Waals surface area contributed by atoms with Crippen molar-refractivity contribution in [2.24, 2.45) is 5.92 Å². The molecule has 0 aliphatic heterocycles. The first kappa shape index (κ1) is 15.0. The fourth-order valence-electron chi connectivity index (χ4n) is 1.95. The molecule has 0 aliphatic rings. The van der Waals surface area contributed by atoms with Gasteiger partial charge in [-0.2, -0.15) is 5.10 Å². The summed E-state index contributed by atoms with van der Waals surface area (Å²) < 4.78 is 15.1. The molecule has 20 heavy (non-hydrogen) atoms. The van der Waals surface area contributed by atoms with Gasteiger partial charge in [-0.25, -0.2) is 9.07 Å². The third-order valence-electron chi connectivity index (χ3n) is 2.81. The molecule has 0 aliphatic carbocycles. The van der Waals surface area contributed by atoms with Gasteiger partial charge in [-0.05, 0) is 24.5 Å². The number of aromatic nitrogens is 2. The van der Waals surface area contributed by atoms with Gasteiger partial charge in [0.05, 0.1) is 16.3 Å². The van der Waals surface area contributed by atoms with Gasteiger partial charge >= 0.3 is 0 Å². The number of benzene rings is 1. The van der Waals surface area contributed by atoms with Crippen molar-refractivity contribution in [2.45, 2.75) is 20.3 Å². The van der Waals surface area contributed by atoms with E-state index in [9.17, 15) is 9.18 Å². The molecule has 3 nitrogen and oxygen atoms in total. The number of rotatable bonds is 4. The van der Waals surface area contributed by atoms with Crippen molar-refractivity contribution < 1.29 is 9.18 Å². The molecule has 2 rings (SSSR count). The Morgan fingerprint density at radius 2 is 2.10 bits per heavy atom. The molecule has 0 saturated heterocycles. The van der Waals surface area contributed by atoms with Crippen LogP contribution in [0.15, 0.2) is 18.2 Å². The summed E-state index contributed by atoms with van der Waals surface area (Å²) in [6, 6.07) is 4.30. The lowest BCUT2D eigenvalue weighted by Crippen LogP contribution is -2.03. The zero-order valence-electron chi connectivity index (χ0n) is 11.0. The van der Waals surface area contributed by atoms with Crippen molar-refractivity contribution in [3.63, 3.8) is 0 Å². The van der Waals surface area contributed by atoms with Crippen LogP contribution in [0.5, 0.6) is 0 Å². The Hall–Kier alpha value is -1.39. The second-order valence-electron chi connectivity index (χ2n) is 4.85. The van der Waals surface area contributed by atoms with Gasteiger partial charge in [-0.3, -0.25) is 4.79 Å². The van der Waals surface area contributed by atoms with Crippen LogP contribution in [0, 0.1) is 11.7 Å². The van der Waals surface area contributed by atoms with Crippen molar-refractivity contribution in [1.82, 2.24) is 9.78 Å². The molecule has 0 spiro atoms. The van der Waals surface area contributed by atoms with E-state index in [0.29, 0.717) is 24.3 Å². The number of para-hydroxylation sites is 1. The van der Waals surface area contributed by atoms with E-state index >= 15 is 0 Å². The smallest absolute Gasteiger partial charge is 0.155 e. The van der Waals surface area contributed by atoms with Crippen molar-refractivity contribution in [1.29, 1.82) is 0 Å². The predicted molar refractivity (Wildman–Crippen MR) is 77.5 cm³/mol. The number of carbonyl (C=O) groups excluding carboxylic acids is 1. The Kier molecular flexibility index (Phi) is 4.45. The molecule has 1 aromatic carbocycles. The second-order valence-corrected chi connectivity index (χ2v) is 5.61. The third-order valence-corrected chi connectivity index (χ3v) is 3.48. The van der Waals surface area contributed by atoms with Gasteiger partial charge in [0.2, 0.25) is 0 Å². The van der Waals surface area contributed by atoms with Crippen LogP contribution >= 0.6 is 23.2 Å². The number of nitrogens with zero attached hydrogens (tertiary/aromatic N) is 2. The standard InChI is InChI=1S/C14H13Cl2FN2O/c1-8(2)6-12-9(7-20)14(16)19(18-12)13-10(15)4-3-5-11(13)17/h3-5,7-8H,6H2,1-2H3. The number of hydrogen-bond donors (Lipinski definition) is 0. The molecule has 106 valence electrons. The highest BCUT2D eigenvalue weighted by Gasteiger charge is 2.21. The molecule has 0 amide bonds. The van der Waals surface area contributed by atoms with E-state index in [-0.39, 0.29) is 21.4 Å². The molecule has 0 saturated carbocycles. The zero-order valence-corrected chi connectivity index (χ0v) is 12.5. The molecule has 1 heterocycles. The molecular formula is C14H13Cl2FN2O. The number of halogens is 3. The van der Waals surface area contributed by atoms with Gasteiger partial charge < -0.3 is 0 Å². The van der Waals surface area contributed by atoms with Gasteiger partial charge in [-0.15, -0.1) is 0 Å². The van der Waals surface area contributed by atoms with E-state index in [1.807, 2.05) is 13.8 Å². The SMILES string of the molecule is CC(C)Cc1nn(-c2c(F)cccc2Cl)c(Cl)c1C=O. The minimum atomic E-state index is -0.546. The summed E-state index contributed by atoms with van der Waals surface area (Å²) in [6.45, 7) is 4.00. The minimum Gasteiger partial charge on any atom is -0.298 e. The van der Waals surface area contributed by atoms with Gasteiger partial charge in [-0.1, -0.05) is 43.1 Å². The molecule has 0 bridgehead atoms. The molecule has 6 heteroatoms. The largest absolute Gasteiger partial charge is 0.298 e. The van der Waals surface area contributed by atoms with E-state index in [1.165, 1.54) is 16.8 Å². The number of aldehydes is 1. The lowest BCUT2D eigenvalue weighted by molar-refractivity contribution is 0.112. The molecule has 0 atom stereocenters. The maximum Gasteiger partial charge on any atom is 0.155 e. The summed E-state index contributed by atoms with van der Waals surface area (Å²) in [4.78, 5) is 11.2. The lowest BCUT2D eigenvalue weighted by atomic mass is 10.1. The highest BCUT2D eigenvalue weighted by molar-refractivity contribution is 6.34. The van der Waals surface area contributed by atoms with Crippen LogP contribution in [0.3, 0.4) is 0 Å². The molecule has 0 unspecified atom stereocenters. The molecule has 0 N–H and O–H groups in total. The van der Waals surface area contributed by atoms with Crippen LogP contribution in [0.4, 0.5) is 4.39 Å². The first-order valence-electron chi connectivity index (χ1n) is 6.12. The summed E-state index contributed by atoms with van der Waals surface area (Å²) in [6.07, 6.45) is 1.21. The summed E-state index contributed by atoms with van der Waals surface area (Å²) in [5.41, 5.74) is 0.872. The van der Waals surface area contributed by atoms with Crippen LogP contribution in [-0.4, -0.2) is 16.1 Å². The van der Waals surface area contributed by atoms with Crippen molar-refractivity contribution >= 4 is 29.5 Å².